The Hall–Kier alpha value is -0.866. The van der Waals surface area contributed by atoms with E-state index in [-0.39, 0.29) is 23.0 Å². The zero-order chi connectivity index (χ0) is 20.3. The Balaban J connectivity index is 3.64. The van der Waals surface area contributed by atoms with Crippen LogP contribution in [0.15, 0.2) is 18.2 Å². The quantitative estimate of drug-likeness (QED) is 0.448. The summed E-state index contributed by atoms with van der Waals surface area (Å²) in [6.45, 7) is 22.4. The summed E-state index contributed by atoms with van der Waals surface area (Å²) in [5, 5.41) is 0. The second kappa shape index (κ2) is 8.88. The molecule has 4 heteroatoms. The molecule has 0 radical (unpaired) electrons. The van der Waals surface area contributed by atoms with Crippen LogP contribution in [-0.2, 0) is 8.85 Å². The largest absolute Gasteiger partial charge is 0.413 e. The summed E-state index contributed by atoms with van der Waals surface area (Å²) < 4.78 is 13.1. The van der Waals surface area contributed by atoms with E-state index in [1.165, 1.54) is 11.1 Å². The SMILES string of the molecule is C#Cc1ccc(C(O[SiH](C)C)C(C)(C)C)c(C(O[SiH](C)C)C(C)(C)C)c1. The zero-order valence-corrected chi connectivity index (χ0v) is 20.7. The van der Waals surface area contributed by atoms with E-state index < -0.39 is 18.1 Å². The molecule has 0 aromatic heterocycles. The molecule has 0 amide bonds. The van der Waals surface area contributed by atoms with Crippen molar-refractivity contribution in [2.75, 3.05) is 0 Å². The molecule has 0 bridgehead atoms. The monoisotopic (exact) mass is 390 g/mol. The van der Waals surface area contributed by atoms with Crippen LogP contribution in [0.25, 0.3) is 0 Å². The molecule has 1 rings (SSSR count). The highest BCUT2D eigenvalue weighted by atomic mass is 28.3. The van der Waals surface area contributed by atoms with Crippen molar-refractivity contribution in [1.82, 2.24) is 0 Å². The summed E-state index contributed by atoms with van der Waals surface area (Å²) in [4.78, 5) is 0. The van der Waals surface area contributed by atoms with Crippen LogP contribution >= 0.6 is 0 Å². The molecule has 1 aromatic carbocycles. The lowest BCUT2D eigenvalue weighted by atomic mass is 9.77. The average Bonchev–Trinajstić information content (AvgIpc) is 2.47. The van der Waals surface area contributed by atoms with Gasteiger partial charge < -0.3 is 8.85 Å². The second-order valence-corrected chi connectivity index (χ2v) is 14.6. The van der Waals surface area contributed by atoms with Crippen molar-refractivity contribution in [2.45, 2.75) is 79.9 Å². The minimum absolute atomic E-state index is 0.00136. The summed E-state index contributed by atoms with van der Waals surface area (Å²) in [6, 6.07) is 6.35. The van der Waals surface area contributed by atoms with E-state index in [0.717, 1.165) is 5.56 Å². The Kier molecular flexibility index (Phi) is 7.92. The van der Waals surface area contributed by atoms with Crippen molar-refractivity contribution in [1.29, 1.82) is 0 Å². The molecule has 2 nitrogen and oxygen atoms in total. The van der Waals surface area contributed by atoms with Gasteiger partial charge in [-0.15, -0.1) is 6.42 Å². The molecule has 0 aliphatic heterocycles. The van der Waals surface area contributed by atoms with Crippen molar-refractivity contribution < 1.29 is 8.85 Å². The Morgan fingerprint density at radius 3 is 1.58 bits per heavy atom. The van der Waals surface area contributed by atoms with E-state index in [9.17, 15) is 0 Å². The van der Waals surface area contributed by atoms with E-state index in [4.69, 9.17) is 15.3 Å². The average molecular weight is 391 g/mol. The van der Waals surface area contributed by atoms with E-state index in [2.05, 4.69) is 85.8 Å². The molecule has 0 saturated carbocycles. The maximum absolute atomic E-state index is 6.53. The van der Waals surface area contributed by atoms with Crippen LogP contribution in [0, 0.1) is 23.2 Å². The van der Waals surface area contributed by atoms with Crippen molar-refractivity contribution in [3.05, 3.63) is 34.9 Å². The molecule has 0 saturated heterocycles. The molecule has 146 valence electrons. The van der Waals surface area contributed by atoms with Crippen molar-refractivity contribution in [3.8, 4) is 12.3 Å². The third-order valence-electron chi connectivity index (χ3n) is 4.21. The summed E-state index contributed by atoms with van der Waals surface area (Å²) in [5.74, 6) is 2.80. The molecule has 26 heavy (non-hydrogen) atoms. The van der Waals surface area contributed by atoms with Gasteiger partial charge in [0.1, 0.15) is 0 Å². The molecule has 0 heterocycles. The number of hydrogen-bond donors (Lipinski definition) is 0. The van der Waals surface area contributed by atoms with Gasteiger partial charge in [-0.1, -0.05) is 53.5 Å². The van der Waals surface area contributed by atoms with Gasteiger partial charge in [0.05, 0.1) is 12.2 Å². The highest BCUT2D eigenvalue weighted by Crippen LogP contribution is 2.45. The van der Waals surface area contributed by atoms with Crippen molar-refractivity contribution in [3.63, 3.8) is 0 Å². The van der Waals surface area contributed by atoms with Gasteiger partial charge in [-0.25, -0.2) is 0 Å². The van der Waals surface area contributed by atoms with Gasteiger partial charge in [-0.2, -0.15) is 0 Å². The first-order chi connectivity index (χ1) is 11.8. The maximum Gasteiger partial charge on any atom is 0.171 e. The van der Waals surface area contributed by atoms with Crippen LogP contribution < -0.4 is 0 Å². The Bertz CT molecular complexity index is 631. The van der Waals surface area contributed by atoms with Gasteiger partial charge in [0.2, 0.25) is 0 Å². The molecule has 1 aromatic rings. The van der Waals surface area contributed by atoms with Crippen molar-refractivity contribution >= 4 is 18.1 Å². The third kappa shape index (κ3) is 6.38. The molecule has 0 spiro atoms. The number of terminal acetylenes is 1. The van der Waals surface area contributed by atoms with Gasteiger partial charge in [-0.3, -0.25) is 0 Å². The topological polar surface area (TPSA) is 18.5 Å². The number of benzene rings is 1. The lowest BCUT2D eigenvalue weighted by Gasteiger charge is -2.39. The summed E-state index contributed by atoms with van der Waals surface area (Å²) >= 11 is 0. The molecular formula is C22H38O2Si2. The van der Waals surface area contributed by atoms with Crippen molar-refractivity contribution in [2.24, 2.45) is 10.8 Å². The van der Waals surface area contributed by atoms with Gasteiger partial charge in [0.15, 0.2) is 18.1 Å². The van der Waals surface area contributed by atoms with Crippen LogP contribution in [-0.4, -0.2) is 18.1 Å². The third-order valence-corrected chi connectivity index (χ3v) is 5.84. The molecule has 0 aliphatic rings. The van der Waals surface area contributed by atoms with Gasteiger partial charge >= 0.3 is 0 Å². The zero-order valence-electron chi connectivity index (χ0n) is 18.4. The first-order valence-electron chi connectivity index (χ1n) is 9.68. The van der Waals surface area contributed by atoms with E-state index in [1.54, 1.807) is 0 Å². The molecule has 0 aliphatic carbocycles. The first-order valence-corrected chi connectivity index (χ1v) is 15.2. The molecule has 2 unspecified atom stereocenters. The van der Waals surface area contributed by atoms with Gasteiger partial charge in [-0.05, 0) is 60.3 Å². The van der Waals surface area contributed by atoms with Crippen LogP contribution in [0.1, 0.15) is 70.4 Å². The first kappa shape index (κ1) is 23.2. The van der Waals surface area contributed by atoms with Crippen LogP contribution in [0.5, 0.6) is 0 Å². The minimum atomic E-state index is -1.23. The molecular weight excluding hydrogens is 352 g/mol. The van der Waals surface area contributed by atoms with Gasteiger partial charge in [0, 0.05) is 5.56 Å². The Morgan fingerprint density at radius 2 is 1.23 bits per heavy atom. The normalized spacial score (nSPS) is 15.2. The van der Waals surface area contributed by atoms with Crippen LogP contribution in [0.4, 0.5) is 0 Å². The standard InChI is InChI=1S/C22H38O2Si2/c1-12-16-13-14-17(19(21(2,3)4)23-25(8)9)18(15-16)20(22(5,6)7)24-26(10)11/h1,13-15,19-20,25-26H,2-11H3. The number of rotatable bonds is 6. The highest BCUT2D eigenvalue weighted by molar-refractivity contribution is 6.48. The molecule has 0 fully saturated rings. The minimum Gasteiger partial charge on any atom is -0.413 e. The van der Waals surface area contributed by atoms with Crippen LogP contribution in [0.3, 0.4) is 0 Å². The fraction of sp³-hybridized carbons (Fsp3) is 0.636. The van der Waals surface area contributed by atoms with Crippen LogP contribution in [0.2, 0.25) is 26.2 Å². The predicted octanol–water partition coefficient (Wildman–Crippen LogP) is 5.84. The predicted molar refractivity (Wildman–Crippen MR) is 119 cm³/mol. The van der Waals surface area contributed by atoms with Gasteiger partial charge in [0.25, 0.3) is 0 Å². The Labute approximate surface area is 165 Å². The Morgan fingerprint density at radius 1 is 0.808 bits per heavy atom. The summed E-state index contributed by atoms with van der Waals surface area (Å²) in [5.41, 5.74) is 3.32. The maximum atomic E-state index is 6.53. The summed E-state index contributed by atoms with van der Waals surface area (Å²) in [7, 11) is -2.44. The summed E-state index contributed by atoms with van der Waals surface area (Å²) in [6.07, 6.45) is 5.77. The molecule has 2 atom stereocenters. The smallest absolute Gasteiger partial charge is 0.171 e. The fourth-order valence-electron chi connectivity index (χ4n) is 3.16. The highest BCUT2D eigenvalue weighted by Gasteiger charge is 2.35. The second-order valence-electron chi connectivity index (χ2n) is 9.85. The molecule has 0 N–H and O–H groups in total. The fourth-order valence-corrected chi connectivity index (χ4v) is 5.36. The van der Waals surface area contributed by atoms with E-state index >= 15 is 0 Å². The number of hydrogen-bond acceptors (Lipinski definition) is 2. The lowest BCUT2D eigenvalue weighted by Crippen LogP contribution is -2.31. The lowest BCUT2D eigenvalue weighted by molar-refractivity contribution is 0.0656. The van der Waals surface area contributed by atoms with E-state index in [1.807, 2.05) is 6.07 Å². The van der Waals surface area contributed by atoms with E-state index in [0.29, 0.717) is 0 Å².